The van der Waals surface area contributed by atoms with Crippen LogP contribution in [0.1, 0.15) is 29.2 Å². The third-order valence-corrected chi connectivity index (χ3v) is 3.22. The Labute approximate surface area is 121 Å². The quantitative estimate of drug-likeness (QED) is 0.898. The molecule has 0 saturated carbocycles. The van der Waals surface area contributed by atoms with Gasteiger partial charge in [-0.15, -0.1) is 0 Å². The molecular weight excluding hydrogens is 246 g/mol. The first-order valence-electron chi connectivity index (χ1n) is 7.05. The van der Waals surface area contributed by atoms with E-state index in [4.69, 9.17) is 10.5 Å². The minimum Gasteiger partial charge on any atom is -0.457 e. The Morgan fingerprint density at radius 3 is 2.20 bits per heavy atom. The average Bonchev–Trinajstić information content (AvgIpc) is 2.30. The molecule has 106 valence electrons. The van der Waals surface area contributed by atoms with E-state index in [1.54, 1.807) is 0 Å². The molecule has 0 saturated heterocycles. The summed E-state index contributed by atoms with van der Waals surface area (Å²) in [6.45, 7) is 8.26. The van der Waals surface area contributed by atoms with Crippen molar-refractivity contribution >= 4 is 0 Å². The van der Waals surface area contributed by atoms with Crippen LogP contribution in [-0.4, -0.2) is 6.04 Å². The van der Waals surface area contributed by atoms with Gasteiger partial charge in [-0.25, -0.2) is 0 Å². The highest BCUT2D eigenvalue weighted by atomic mass is 16.5. The zero-order chi connectivity index (χ0) is 14.7. The summed E-state index contributed by atoms with van der Waals surface area (Å²) in [4.78, 5) is 0. The van der Waals surface area contributed by atoms with E-state index in [1.165, 1.54) is 16.7 Å². The van der Waals surface area contributed by atoms with Gasteiger partial charge in [-0.05, 0) is 74.6 Å². The van der Waals surface area contributed by atoms with Gasteiger partial charge in [-0.3, -0.25) is 0 Å². The summed E-state index contributed by atoms with van der Waals surface area (Å²) in [7, 11) is 0. The van der Waals surface area contributed by atoms with Gasteiger partial charge in [-0.1, -0.05) is 18.2 Å². The molecule has 0 bridgehead atoms. The van der Waals surface area contributed by atoms with Crippen LogP contribution < -0.4 is 10.5 Å². The highest BCUT2D eigenvalue weighted by Crippen LogP contribution is 2.27. The molecule has 1 unspecified atom stereocenters. The second-order valence-corrected chi connectivity index (χ2v) is 5.71. The maximum Gasteiger partial charge on any atom is 0.130 e. The van der Waals surface area contributed by atoms with Gasteiger partial charge < -0.3 is 10.5 Å². The van der Waals surface area contributed by atoms with Crippen LogP contribution in [0.25, 0.3) is 0 Å². The van der Waals surface area contributed by atoms with Gasteiger partial charge in [0.25, 0.3) is 0 Å². The van der Waals surface area contributed by atoms with Gasteiger partial charge in [0.2, 0.25) is 0 Å². The summed E-state index contributed by atoms with van der Waals surface area (Å²) in [6, 6.07) is 12.7. The summed E-state index contributed by atoms with van der Waals surface area (Å²) in [5.74, 6) is 1.80. The lowest BCUT2D eigenvalue weighted by molar-refractivity contribution is 0.477. The van der Waals surface area contributed by atoms with Crippen LogP contribution in [0.3, 0.4) is 0 Å². The first kappa shape index (κ1) is 14.6. The fraction of sp³-hybridized carbons (Fsp3) is 0.333. The van der Waals surface area contributed by atoms with E-state index >= 15 is 0 Å². The van der Waals surface area contributed by atoms with Crippen LogP contribution in [-0.2, 0) is 6.42 Å². The zero-order valence-corrected chi connectivity index (χ0v) is 12.7. The molecule has 1 atom stereocenters. The van der Waals surface area contributed by atoms with Gasteiger partial charge in [0.05, 0.1) is 0 Å². The Hall–Kier alpha value is -1.80. The number of aryl methyl sites for hydroxylation is 3. The van der Waals surface area contributed by atoms with E-state index in [9.17, 15) is 0 Å². The van der Waals surface area contributed by atoms with Crippen LogP contribution in [0.4, 0.5) is 0 Å². The van der Waals surface area contributed by atoms with E-state index in [0.29, 0.717) is 0 Å². The molecule has 2 aromatic rings. The Bertz CT molecular complexity index is 582. The molecule has 2 aromatic carbocycles. The van der Waals surface area contributed by atoms with Gasteiger partial charge in [-0.2, -0.15) is 0 Å². The van der Waals surface area contributed by atoms with E-state index in [0.717, 1.165) is 23.5 Å². The van der Waals surface area contributed by atoms with Crippen molar-refractivity contribution in [1.29, 1.82) is 0 Å². The fourth-order valence-corrected chi connectivity index (χ4v) is 2.44. The molecule has 20 heavy (non-hydrogen) atoms. The molecule has 0 fully saturated rings. The predicted octanol–water partition coefficient (Wildman–Crippen LogP) is 4.29. The van der Waals surface area contributed by atoms with Crippen molar-refractivity contribution in [2.24, 2.45) is 5.73 Å². The fourth-order valence-electron chi connectivity index (χ4n) is 2.44. The summed E-state index contributed by atoms with van der Waals surface area (Å²) in [6.07, 6.45) is 0.894. The molecule has 0 amide bonds. The maximum absolute atomic E-state index is 6.00. The predicted molar refractivity (Wildman–Crippen MR) is 84.5 cm³/mol. The summed E-state index contributed by atoms with van der Waals surface area (Å²) in [5.41, 5.74) is 10.7. The van der Waals surface area contributed by atoms with Crippen molar-refractivity contribution in [2.45, 2.75) is 40.2 Å². The van der Waals surface area contributed by atoms with Crippen LogP contribution in [0.2, 0.25) is 0 Å². The largest absolute Gasteiger partial charge is 0.457 e. The summed E-state index contributed by atoms with van der Waals surface area (Å²) < 4.78 is 6.00. The molecule has 0 heterocycles. The molecule has 0 spiro atoms. The summed E-state index contributed by atoms with van der Waals surface area (Å²) in [5, 5.41) is 0. The van der Waals surface area contributed by atoms with Gasteiger partial charge >= 0.3 is 0 Å². The molecule has 0 aliphatic heterocycles. The normalized spacial score (nSPS) is 12.2. The van der Waals surface area contributed by atoms with E-state index in [1.807, 2.05) is 13.0 Å². The number of hydrogen-bond donors (Lipinski definition) is 1. The lowest BCUT2D eigenvalue weighted by Crippen LogP contribution is -2.17. The third kappa shape index (κ3) is 3.84. The van der Waals surface area contributed by atoms with Crippen molar-refractivity contribution in [2.75, 3.05) is 0 Å². The molecule has 2 N–H and O–H groups in total. The van der Waals surface area contributed by atoms with Crippen LogP contribution in [0.5, 0.6) is 11.5 Å². The minimum absolute atomic E-state index is 0.181. The summed E-state index contributed by atoms with van der Waals surface area (Å²) >= 11 is 0. The molecule has 2 heteroatoms. The molecule has 2 nitrogen and oxygen atoms in total. The standard InChI is InChI=1S/C18H23NO/c1-12-7-13(2)9-17(8-12)20-18-6-5-16(10-14(18)3)11-15(4)19/h5-10,15H,11,19H2,1-4H3. The van der Waals surface area contributed by atoms with Gasteiger partial charge in [0.1, 0.15) is 11.5 Å². The van der Waals surface area contributed by atoms with E-state index < -0.39 is 0 Å². The van der Waals surface area contributed by atoms with Gasteiger partial charge in [0.15, 0.2) is 0 Å². The first-order chi connectivity index (χ1) is 9.44. The topological polar surface area (TPSA) is 35.2 Å². The molecule has 0 radical (unpaired) electrons. The number of rotatable bonds is 4. The highest BCUT2D eigenvalue weighted by Gasteiger charge is 2.05. The van der Waals surface area contributed by atoms with Crippen molar-refractivity contribution in [1.82, 2.24) is 0 Å². The first-order valence-corrected chi connectivity index (χ1v) is 7.05. The van der Waals surface area contributed by atoms with Crippen LogP contribution in [0, 0.1) is 20.8 Å². The van der Waals surface area contributed by atoms with Crippen molar-refractivity contribution in [3.05, 3.63) is 58.7 Å². The third-order valence-electron chi connectivity index (χ3n) is 3.22. The Morgan fingerprint density at radius 1 is 1.00 bits per heavy atom. The van der Waals surface area contributed by atoms with Crippen molar-refractivity contribution < 1.29 is 4.74 Å². The molecule has 0 aliphatic carbocycles. The van der Waals surface area contributed by atoms with Crippen LogP contribution >= 0.6 is 0 Å². The zero-order valence-electron chi connectivity index (χ0n) is 12.7. The Morgan fingerprint density at radius 2 is 1.65 bits per heavy atom. The average molecular weight is 269 g/mol. The van der Waals surface area contributed by atoms with Gasteiger partial charge in [0, 0.05) is 6.04 Å². The van der Waals surface area contributed by atoms with E-state index in [-0.39, 0.29) is 6.04 Å². The lowest BCUT2D eigenvalue weighted by atomic mass is 10.0. The molecule has 0 aliphatic rings. The minimum atomic E-state index is 0.181. The molecular formula is C18H23NO. The van der Waals surface area contributed by atoms with Crippen molar-refractivity contribution in [3.8, 4) is 11.5 Å². The van der Waals surface area contributed by atoms with E-state index in [2.05, 4.69) is 51.1 Å². The lowest BCUT2D eigenvalue weighted by Gasteiger charge is -2.12. The number of hydrogen-bond acceptors (Lipinski definition) is 2. The Balaban J connectivity index is 2.21. The number of nitrogens with two attached hydrogens (primary N) is 1. The highest BCUT2D eigenvalue weighted by molar-refractivity contribution is 5.41. The molecule has 0 aromatic heterocycles. The molecule has 2 rings (SSSR count). The second kappa shape index (κ2) is 6.10. The van der Waals surface area contributed by atoms with Crippen LogP contribution in [0.15, 0.2) is 36.4 Å². The monoisotopic (exact) mass is 269 g/mol. The van der Waals surface area contributed by atoms with Crippen molar-refractivity contribution in [3.63, 3.8) is 0 Å². The second-order valence-electron chi connectivity index (χ2n) is 5.71. The SMILES string of the molecule is Cc1cc(C)cc(Oc2ccc(CC(C)N)cc2C)c1. The Kier molecular flexibility index (Phi) is 4.46. The smallest absolute Gasteiger partial charge is 0.130 e. The number of ether oxygens (including phenoxy) is 1. The number of benzene rings is 2. The maximum atomic E-state index is 6.00.